The Morgan fingerprint density at radius 3 is 2.56 bits per heavy atom. The van der Waals surface area contributed by atoms with Gasteiger partial charge in [0, 0.05) is 36.4 Å². The van der Waals surface area contributed by atoms with Gasteiger partial charge in [-0.2, -0.15) is 0 Å². The van der Waals surface area contributed by atoms with Crippen molar-refractivity contribution in [3.8, 4) is 0 Å². The van der Waals surface area contributed by atoms with Gasteiger partial charge in [-0.05, 0) is 33.6 Å². The van der Waals surface area contributed by atoms with Crippen molar-refractivity contribution in [1.29, 1.82) is 0 Å². The molecule has 8 heteroatoms. The zero-order valence-electron chi connectivity index (χ0n) is 17.0. The highest BCUT2D eigenvalue weighted by molar-refractivity contribution is 14.0. The van der Waals surface area contributed by atoms with Gasteiger partial charge in [-0.25, -0.2) is 9.98 Å². The predicted molar refractivity (Wildman–Crippen MR) is 123 cm³/mol. The molecule has 2 aromatic rings. The molecule has 27 heavy (non-hydrogen) atoms. The number of guanidine groups is 1. The van der Waals surface area contributed by atoms with Crippen LogP contribution in [0.1, 0.15) is 66.6 Å². The molecule has 0 amide bonds. The summed E-state index contributed by atoms with van der Waals surface area (Å²) in [4.78, 5) is 10.4. The maximum Gasteiger partial charge on any atom is 0.191 e. The van der Waals surface area contributed by atoms with Gasteiger partial charge in [0.15, 0.2) is 11.7 Å². The van der Waals surface area contributed by atoms with E-state index in [1.165, 1.54) is 4.88 Å². The van der Waals surface area contributed by atoms with Gasteiger partial charge >= 0.3 is 0 Å². The van der Waals surface area contributed by atoms with Gasteiger partial charge in [0.25, 0.3) is 0 Å². The Balaban J connectivity index is 0.00000364. The second-order valence-electron chi connectivity index (χ2n) is 6.34. The van der Waals surface area contributed by atoms with E-state index in [1.54, 1.807) is 11.3 Å². The van der Waals surface area contributed by atoms with E-state index in [9.17, 15) is 0 Å². The molecule has 0 spiro atoms. The molecule has 0 saturated carbocycles. The van der Waals surface area contributed by atoms with E-state index in [1.807, 2.05) is 13.0 Å². The number of nitrogens with zero attached hydrogens (tertiary/aromatic N) is 3. The number of aryl methyl sites for hydroxylation is 2. The van der Waals surface area contributed by atoms with Crippen LogP contribution in [0.2, 0.25) is 0 Å². The SMILES string of the molecule is CCNC(=NCc1cc(C(CC)CC)no1)NCCc1sc(C)nc1C.I. The molecular weight excluding hydrogens is 473 g/mol. The molecule has 152 valence electrons. The molecule has 0 unspecified atom stereocenters. The topological polar surface area (TPSA) is 75.3 Å². The first-order chi connectivity index (χ1) is 12.6. The van der Waals surface area contributed by atoms with Crippen molar-refractivity contribution in [2.75, 3.05) is 13.1 Å². The minimum absolute atomic E-state index is 0. The number of halogens is 1. The molecule has 0 bridgehead atoms. The lowest BCUT2D eigenvalue weighted by Crippen LogP contribution is -2.38. The molecule has 0 saturated heterocycles. The lowest BCUT2D eigenvalue weighted by atomic mass is 9.99. The van der Waals surface area contributed by atoms with Crippen LogP contribution in [0, 0.1) is 13.8 Å². The van der Waals surface area contributed by atoms with Crippen molar-refractivity contribution in [3.63, 3.8) is 0 Å². The minimum Gasteiger partial charge on any atom is -0.359 e. The molecule has 0 aromatic carbocycles. The average molecular weight is 505 g/mol. The van der Waals surface area contributed by atoms with Gasteiger partial charge in [-0.1, -0.05) is 19.0 Å². The summed E-state index contributed by atoms with van der Waals surface area (Å²) in [5.41, 5.74) is 2.17. The Morgan fingerprint density at radius 2 is 1.96 bits per heavy atom. The first kappa shape index (κ1) is 23.9. The van der Waals surface area contributed by atoms with Crippen molar-refractivity contribution in [3.05, 3.63) is 33.1 Å². The van der Waals surface area contributed by atoms with Crippen molar-refractivity contribution >= 4 is 41.3 Å². The van der Waals surface area contributed by atoms with Gasteiger partial charge in [-0.15, -0.1) is 35.3 Å². The Kier molecular flexibility index (Phi) is 10.9. The van der Waals surface area contributed by atoms with E-state index in [0.717, 1.165) is 60.5 Å². The van der Waals surface area contributed by atoms with E-state index < -0.39 is 0 Å². The summed E-state index contributed by atoms with van der Waals surface area (Å²) in [7, 11) is 0. The fraction of sp³-hybridized carbons (Fsp3) is 0.632. The Bertz CT molecular complexity index is 709. The first-order valence-corrected chi connectivity index (χ1v) is 10.3. The highest BCUT2D eigenvalue weighted by Gasteiger charge is 2.13. The maximum absolute atomic E-state index is 5.45. The van der Waals surface area contributed by atoms with Crippen molar-refractivity contribution < 1.29 is 4.52 Å². The first-order valence-electron chi connectivity index (χ1n) is 9.47. The third-order valence-electron chi connectivity index (χ3n) is 4.36. The number of aromatic nitrogens is 2. The summed E-state index contributed by atoms with van der Waals surface area (Å²) >= 11 is 1.76. The van der Waals surface area contributed by atoms with Gasteiger partial charge in [0.1, 0.15) is 6.54 Å². The van der Waals surface area contributed by atoms with Crippen molar-refractivity contribution in [1.82, 2.24) is 20.8 Å². The van der Waals surface area contributed by atoms with Crippen LogP contribution < -0.4 is 10.6 Å². The standard InChI is InChI=1S/C19H31N5OS.HI/c1-6-15(7-2)17-11-16(25-24-17)12-22-19(20-8-3)21-10-9-18-13(4)23-14(5)26-18;/h11,15H,6-10,12H2,1-5H3,(H2,20,21,22);1H. The summed E-state index contributed by atoms with van der Waals surface area (Å²) in [6, 6.07) is 2.04. The van der Waals surface area contributed by atoms with E-state index in [0.29, 0.717) is 12.5 Å². The zero-order valence-corrected chi connectivity index (χ0v) is 20.1. The largest absolute Gasteiger partial charge is 0.359 e. The van der Waals surface area contributed by atoms with Gasteiger partial charge in [0.2, 0.25) is 0 Å². The normalized spacial score (nSPS) is 11.6. The van der Waals surface area contributed by atoms with E-state index >= 15 is 0 Å². The van der Waals surface area contributed by atoms with Crippen LogP contribution in [0.25, 0.3) is 0 Å². The predicted octanol–water partition coefficient (Wildman–Crippen LogP) is 4.57. The summed E-state index contributed by atoms with van der Waals surface area (Å²) in [6.07, 6.45) is 3.10. The number of hydrogen-bond acceptors (Lipinski definition) is 5. The van der Waals surface area contributed by atoms with Crippen molar-refractivity contribution in [2.45, 2.75) is 66.3 Å². The molecule has 0 aliphatic rings. The maximum atomic E-state index is 5.45. The second kappa shape index (κ2) is 12.3. The summed E-state index contributed by atoms with van der Waals surface area (Å²) in [5.74, 6) is 2.07. The highest BCUT2D eigenvalue weighted by atomic mass is 127. The number of rotatable bonds is 9. The number of aliphatic imine (C=N–C) groups is 1. The fourth-order valence-corrected chi connectivity index (χ4v) is 3.84. The fourth-order valence-electron chi connectivity index (χ4n) is 2.90. The van der Waals surface area contributed by atoms with Crippen LogP contribution in [0.15, 0.2) is 15.6 Å². The van der Waals surface area contributed by atoms with Crippen LogP contribution >= 0.6 is 35.3 Å². The Hall–Kier alpha value is -1.16. The molecule has 2 rings (SSSR count). The quantitative estimate of drug-likeness (QED) is 0.297. The molecule has 6 nitrogen and oxygen atoms in total. The van der Waals surface area contributed by atoms with Gasteiger partial charge in [-0.3, -0.25) is 0 Å². The minimum atomic E-state index is 0. The van der Waals surface area contributed by atoms with E-state index in [-0.39, 0.29) is 24.0 Å². The van der Waals surface area contributed by atoms with Crippen molar-refractivity contribution in [2.24, 2.45) is 4.99 Å². The molecule has 0 aliphatic heterocycles. The van der Waals surface area contributed by atoms with Crippen LogP contribution in [0.3, 0.4) is 0 Å². The van der Waals surface area contributed by atoms with E-state index in [4.69, 9.17) is 4.52 Å². The van der Waals surface area contributed by atoms with Gasteiger partial charge < -0.3 is 15.2 Å². The smallest absolute Gasteiger partial charge is 0.191 e. The lowest BCUT2D eigenvalue weighted by Gasteiger charge is -2.10. The monoisotopic (exact) mass is 505 g/mol. The Morgan fingerprint density at radius 1 is 1.22 bits per heavy atom. The van der Waals surface area contributed by atoms with Gasteiger partial charge in [0.05, 0.1) is 16.4 Å². The second-order valence-corrected chi connectivity index (χ2v) is 7.63. The number of hydrogen-bond donors (Lipinski definition) is 2. The third-order valence-corrected chi connectivity index (χ3v) is 5.50. The summed E-state index contributed by atoms with van der Waals surface area (Å²) in [5, 5.41) is 12.0. The molecule has 0 aliphatic carbocycles. The summed E-state index contributed by atoms with van der Waals surface area (Å²) in [6.45, 7) is 12.7. The van der Waals surface area contributed by atoms with Crippen LogP contribution in [-0.4, -0.2) is 29.2 Å². The molecule has 0 fully saturated rings. The average Bonchev–Trinajstić information content (AvgIpc) is 3.20. The molecule has 2 N–H and O–H groups in total. The van der Waals surface area contributed by atoms with E-state index in [2.05, 4.69) is 53.5 Å². The van der Waals surface area contributed by atoms with Crippen LogP contribution in [0.5, 0.6) is 0 Å². The molecular formula is C19H32IN5OS. The number of thiazole rings is 1. The number of nitrogens with one attached hydrogen (secondary N) is 2. The summed E-state index contributed by atoms with van der Waals surface area (Å²) < 4.78 is 5.45. The third kappa shape index (κ3) is 7.40. The zero-order chi connectivity index (χ0) is 18.9. The highest BCUT2D eigenvalue weighted by Crippen LogP contribution is 2.22. The van der Waals surface area contributed by atoms with Crippen LogP contribution in [0.4, 0.5) is 0 Å². The van der Waals surface area contributed by atoms with Crippen LogP contribution in [-0.2, 0) is 13.0 Å². The Labute approximate surface area is 183 Å². The molecule has 0 radical (unpaired) electrons. The lowest BCUT2D eigenvalue weighted by molar-refractivity contribution is 0.372. The molecule has 0 atom stereocenters. The molecule has 2 aromatic heterocycles. The molecule has 2 heterocycles.